The number of nitrogens with zero attached hydrogens (tertiary/aromatic N) is 5. The molecule has 112 valence electrons. The molecule has 8 nitrogen and oxygen atoms in total. The zero-order valence-electron chi connectivity index (χ0n) is 12.0. The van der Waals surface area contributed by atoms with Gasteiger partial charge in [-0.3, -0.25) is 9.69 Å². The normalized spacial score (nSPS) is 17.3. The number of rotatable bonds is 6. The van der Waals surface area contributed by atoms with Gasteiger partial charge in [0.15, 0.2) is 0 Å². The predicted octanol–water partition coefficient (Wildman–Crippen LogP) is -1.90. The van der Waals surface area contributed by atoms with Crippen LogP contribution < -0.4 is 11.1 Å². The van der Waals surface area contributed by atoms with E-state index in [-0.39, 0.29) is 12.5 Å². The second kappa shape index (κ2) is 7.32. The molecule has 0 radical (unpaired) electrons. The van der Waals surface area contributed by atoms with Crippen molar-refractivity contribution >= 4 is 5.91 Å². The first-order chi connectivity index (χ1) is 9.67. The number of aromatic nitrogens is 3. The van der Waals surface area contributed by atoms with E-state index in [2.05, 4.69) is 32.5 Å². The minimum Gasteiger partial charge on any atom is -0.353 e. The van der Waals surface area contributed by atoms with Crippen molar-refractivity contribution in [3.05, 3.63) is 11.9 Å². The number of hydrogen-bond acceptors (Lipinski definition) is 6. The van der Waals surface area contributed by atoms with E-state index in [1.165, 1.54) is 4.68 Å². The van der Waals surface area contributed by atoms with Crippen LogP contribution in [0.1, 0.15) is 5.69 Å². The maximum Gasteiger partial charge on any atom is 0.241 e. The molecule has 1 aliphatic rings. The number of likely N-dealkylation sites (N-methyl/N-ethyl adjacent to an activating group) is 1. The topological polar surface area (TPSA) is 92.3 Å². The monoisotopic (exact) mass is 281 g/mol. The maximum atomic E-state index is 11.7. The Hall–Kier alpha value is -1.51. The molecule has 0 aromatic carbocycles. The molecule has 1 aromatic heterocycles. The minimum atomic E-state index is -0.0485. The highest BCUT2D eigenvalue weighted by molar-refractivity contribution is 5.75. The van der Waals surface area contributed by atoms with Gasteiger partial charge in [0.05, 0.1) is 11.9 Å². The molecule has 1 amide bonds. The summed E-state index contributed by atoms with van der Waals surface area (Å²) in [5, 5.41) is 10.6. The van der Waals surface area contributed by atoms with Crippen LogP contribution in [-0.2, 0) is 17.9 Å². The predicted molar refractivity (Wildman–Crippen MR) is 74.9 cm³/mol. The molecule has 1 aliphatic heterocycles. The zero-order chi connectivity index (χ0) is 14.4. The van der Waals surface area contributed by atoms with Gasteiger partial charge in [-0.1, -0.05) is 5.21 Å². The summed E-state index contributed by atoms with van der Waals surface area (Å²) in [6, 6.07) is 0. The van der Waals surface area contributed by atoms with E-state index in [0.29, 0.717) is 18.8 Å². The summed E-state index contributed by atoms with van der Waals surface area (Å²) < 4.78 is 1.51. The van der Waals surface area contributed by atoms with Crippen LogP contribution in [-0.4, -0.2) is 77.0 Å². The first-order valence-electron chi connectivity index (χ1n) is 6.94. The highest BCUT2D eigenvalue weighted by atomic mass is 16.2. The van der Waals surface area contributed by atoms with Gasteiger partial charge >= 0.3 is 0 Å². The van der Waals surface area contributed by atoms with Crippen LogP contribution in [0, 0.1) is 0 Å². The number of nitrogens with one attached hydrogen (secondary N) is 1. The van der Waals surface area contributed by atoms with E-state index in [4.69, 9.17) is 5.73 Å². The van der Waals surface area contributed by atoms with Crippen LogP contribution in [0.2, 0.25) is 0 Å². The Labute approximate surface area is 118 Å². The first kappa shape index (κ1) is 14.9. The third-order valence-electron chi connectivity index (χ3n) is 3.45. The average Bonchev–Trinajstić information content (AvgIpc) is 2.88. The molecule has 3 N–H and O–H groups in total. The van der Waals surface area contributed by atoms with Gasteiger partial charge in [-0.15, -0.1) is 5.10 Å². The van der Waals surface area contributed by atoms with Gasteiger partial charge in [-0.2, -0.15) is 0 Å². The molecular weight excluding hydrogens is 258 g/mol. The summed E-state index contributed by atoms with van der Waals surface area (Å²) in [5.41, 5.74) is 6.13. The number of piperazine rings is 1. The second-order valence-electron chi connectivity index (χ2n) is 5.11. The third kappa shape index (κ3) is 4.55. The Morgan fingerprint density at radius 2 is 2.15 bits per heavy atom. The van der Waals surface area contributed by atoms with Crippen LogP contribution in [0.3, 0.4) is 0 Å². The lowest BCUT2D eigenvalue weighted by Crippen LogP contribution is -2.47. The van der Waals surface area contributed by atoms with Gasteiger partial charge in [0.25, 0.3) is 0 Å². The first-order valence-corrected chi connectivity index (χ1v) is 6.94. The van der Waals surface area contributed by atoms with E-state index in [0.717, 1.165) is 32.7 Å². The quantitative estimate of drug-likeness (QED) is 0.633. The number of carbonyl (C=O) groups is 1. The van der Waals surface area contributed by atoms with E-state index in [9.17, 15) is 4.79 Å². The summed E-state index contributed by atoms with van der Waals surface area (Å²) in [6.45, 7) is 6.40. The molecule has 2 heterocycles. The standard InChI is InChI=1S/C12H23N7O/c1-17-4-6-18(7-5-17)3-2-14-12(20)10-19-9-11(8-13)15-16-19/h9H,2-8,10,13H2,1H3,(H,14,20). The molecule has 0 spiro atoms. The van der Waals surface area contributed by atoms with Crippen molar-refractivity contribution in [1.29, 1.82) is 0 Å². The van der Waals surface area contributed by atoms with Crippen LogP contribution in [0.25, 0.3) is 0 Å². The number of nitrogens with two attached hydrogens (primary N) is 1. The summed E-state index contributed by atoms with van der Waals surface area (Å²) in [4.78, 5) is 16.4. The summed E-state index contributed by atoms with van der Waals surface area (Å²) in [7, 11) is 2.13. The minimum absolute atomic E-state index is 0.0485. The van der Waals surface area contributed by atoms with Gasteiger partial charge in [-0.05, 0) is 7.05 Å². The summed E-state index contributed by atoms with van der Waals surface area (Å²) >= 11 is 0. The van der Waals surface area contributed by atoms with Gasteiger partial charge in [0.2, 0.25) is 5.91 Å². The highest BCUT2D eigenvalue weighted by Gasteiger charge is 2.13. The molecule has 0 bridgehead atoms. The largest absolute Gasteiger partial charge is 0.353 e. The van der Waals surface area contributed by atoms with Gasteiger partial charge in [-0.25, -0.2) is 4.68 Å². The molecular formula is C12H23N7O. The van der Waals surface area contributed by atoms with Crippen LogP contribution in [0.4, 0.5) is 0 Å². The highest BCUT2D eigenvalue weighted by Crippen LogP contribution is 1.97. The van der Waals surface area contributed by atoms with E-state index in [1.54, 1.807) is 6.20 Å². The lowest BCUT2D eigenvalue weighted by atomic mass is 10.3. The van der Waals surface area contributed by atoms with Crippen molar-refractivity contribution in [2.75, 3.05) is 46.3 Å². The third-order valence-corrected chi connectivity index (χ3v) is 3.45. The molecule has 2 rings (SSSR count). The number of amides is 1. The number of hydrogen-bond donors (Lipinski definition) is 2. The van der Waals surface area contributed by atoms with Crippen molar-refractivity contribution in [3.8, 4) is 0 Å². The van der Waals surface area contributed by atoms with Gasteiger partial charge < -0.3 is 16.0 Å². The molecule has 8 heteroatoms. The summed E-state index contributed by atoms with van der Waals surface area (Å²) in [6.07, 6.45) is 1.69. The second-order valence-corrected chi connectivity index (χ2v) is 5.11. The van der Waals surface area contributed by atoms with Gasteiger partial charge in [0, 0.05) is 45.8 Å². The Bertz CT molecular complexity index is 425. The van der Waals surface area contributed by atoms with Crippen molar-refractivity contribution in [2.45, 2.75) is 13.1 Å². The fraction of sp³-hybridized carbons (Fsp3) is 0.750. The molecule has 1 fully saturated rings. The van der Waals surface area contributed by atoms with E-state index >= 15 is 0 Å². The van der Waals surface area contributed by atoms with Crippen molar-refractivity contribution in [1.82, 2.24) is 30.1 Å². The molecule has 0 aliphatic carbocycles. The van der Waals surface area contributed by atoms with Crippen LogP contribution in [0.5, 0.6) is 0 Å². The molecule has 20 heavy (non-hydrogen) atoms. The fourth-order valence-corrected chi connectivity index (χ4v) is 2.14. The van der Waals surface area contributed by atoms with Crippen molar-refractivity contribution in [2.24, 2.45) is 5.73 Å². The molecule has 1 aromatic rings. The molecule has 1 saturated heterocycles. The Morgan fingerprint density at radius 1 is 1.40 bits per heavy atom. The Morgan fingerprint density at radius 3 is 2.80 bits per heavy atom. The lowest BCUT2D eigenvalue weighted by molar-refractivity contribution is -0.121. The van der Waals surface area contributed by atoms with Gasteiger partial charge in [0.1, 0.15) is 6.54 Å². The van der Waals surface area contributed by atoms with Crippen LogP contribution in [0.15, 0.2) is 6.20 Å². The van der Waals surface area contributed by atoms with Crippen molar-refractivity contribution in [3.63, 3.8) is 0 Å². The number of carbonyl (C=O) groups excluding carboxylic acids is 1. The smallest absolute Gasteiger partial charge is 0.241 e. The summed E-state index contributed by atoms with van der Waals surface area (Å²) in [5.74, 6) is -0.0485. The fourth-order valence-electron chi connectivity index (χ4n) is 2.14. The molecule has 0 unspecified atom stereocenters. The lowest BCUT2D eigenvalue weighted by Gasteiger charge is -2.32. The zero-order valence-corrected chi connectivity index (χ0v) is 12.0. The molecule has 0 atom stereocenters. The Kier molecular flexibility index (Phi) is 5.45. The average molecular weight is 281 g/mol. The van der Waals surface area contributed by atoms with Crippen LogP contribution >= 0.6 is 0 Å². The molecule has 0 saturated carbocycles. The van der Waals surface area contributed by atoms with E-state index in [1.807, 2.05) is 0 Å². The van der Waals surface area contributed by atoms with Crippen molar-refractivity contribution < 1.29 is 4.79 Å². The van der Waals surface area contributed by atoms with E-state index < -0.39 is 0 Å². The maximum absolute atomic E-state index is 11.7. The SMILES string of the molecule is CN1CCN(CCNC(=O)Cn2cc(CN)nn2)CC1. The Balaban J connectivity index is 1.62.